The van der Waals surface area contributed by atoms with Crippen LogP contribution in [0.25, 0.3) is 22.3 Å². The number of fused-ring (bicyclic) bond motifs is 1. The molecule has 15 heteroatoms. The van der Waals surface area contributed by atoms with Crippen molar-refractivity contribution in [3.05, 3.63) is 46.1 Å². The summed E-state index contributed by atoms with van der Waals surface area (Å²) in [5.74, 6) is -1.15. The predicted molar refractivity (Wildman–Crippen MR) is 144 cm³/mol. The van der Waals surface area contributed by atoms with Crippen molar-refractivity contribution in [2.24, 2.45) is 0 Å². The molecular formula is C28H32O15. The number of aliphatic hydroxyl groups is 6. The minimum atomic E-state index is -1.79. The second kappa shape index (κ2) is 12.2. The van der Waals surface area contributed by atoms with Gasteiger partial charge in [-0.25, -0.2) is 0 Å². The Morgan fingerprint density at radius 1 is 0.907 bits per heavy atom. The van der Waals surface area contributed by atoms with Crippen molar-refractivity contribution >= 4 is 11.0 Å². The van der Waals surface area contributed by atoms with Crippen LogP contribution in [0.2, 0.25) is 0 Å². The minimum Gasteiger partial charge on any atom is -0.507 e. The zero-order chi connectivity index (χ0) is 31.2. The summed E-state index contributed by atoms with van der Waals surface area (Å²) in [6, 6.07) is 7.03. The molecule has 0 bridgehead atoms. The van der Waals surface area contributed by atoms with Crippen LogP contribution in [-0.2, 0) is 14.2 Å². The standard InChI is InChI=1S/C28H32O15/c1-10-5-11(3-4-15(10)38-2)26-23(35)21(33)18-13(29)6-12(7-16(18)42-26)41-28-25(37)22(34)20(32)17(43-28)9-40-27-24(36)19(31)14(30)8-39-27/h3-7,14,17,19-20,22,24-25,27-32,34-37H,8-9H2,1-2H3/t14-,17-,19+,20-,22+,24-,25-,27+,28-/m1/s1. The maximum Gasteiger partial charge on any atom is 0.238 e. The summed E-state index contributed by atoms with van der Waals surface area (Å²) in [7, 11) is 1.49. The van der Waals surface area contributed by atoms with Gasteiger partial charge in [-0.3, -0.25) is 4.79 Å². The molecule has 2 aliphatic rings. The van der Waals surface area contributed by atoms with Crippen LogP contribution in [0.15, 0.2) is 39.5 Å². The summed E-state index contributed by atoms with van der Waals surface area (Å²) in [5, 5.41) is 81.7. The predicted octanol–water partition coefficient (Wildman–Crippen LogP) is -1.17. The van der Waals surface area contributed by atoms with Crippen molar-refractivity contribution in [3.63, 3.8) is 0 Å². The quantitative estimate of drug-likeness (QED) is 0.158. The van der Waals surface area contributed by atoms with Crippen LogP contribution in [0.3, 0.4) is 0 Å². The first-order valence-electron chi connectivity index (χ1n) is 13.2. The third-order valence-corrected chi connectivity index (χ3v) is 7.38. The summed E-state index contributed by atoms with van der Waals surface area (Å²) in [5.41, 5.74) is -0.0525. The van der Waals surface area contributed by atoms with Gasteiger partial charge in [0, 0.05) is 17.7 Å². The SMILES string of the molecule is COc1ccc(-c2oc3cc(O[C@@H]4O[C@H](CO[C@@H]5OC[C@@H](O)[C@H](O)[C@H]5O)[C@@H](O)[C@H](O)[C@H]4O)cc(O)c3c(=O)c2O)cc1C. The van der Waals surface area contributed by atoms with Crippen LogP contribution in [0.4, 0.5) is 0 Å². The van der Waals surface area contributed by atoms with E-state index in [4.69, 9.17) is 28.1 Å². The summed E-state index contributed by atoms with van der Waals surface area (Å²) in [6.45, 7) is 0.924. The number of phenols is 1. The molecule has 3 heterocycles. The first-order chi connectivity index (χ1) is 20.4. The Hall–Kier alpha value is -3.51. The van der Waals surface area contributed by atoms with E-state index in [-0.39, 0.29) is 29.1 Å². The summed E-state index contributed by atoms with van der Waals surface area (Å²) in [4.78, 5) is 13.0. The van der Waals surface area contributed by atoms with E-state index < -0.39 is 78.8 Å². The van der Waals surface area contributed by atoms with E-state index in [0.29, 0.717) is 16.9 Å². The largest absolute Gasteiger partial charge is 0.507 e. The number of benzene rings is 2. The molecule has 0 saturated carbocycles. The number of aromatic hydroxyl groups is 2. The lowest BCUT2D eigenvalue weighted by Gasteiger charge is -2.41. The molecule has 15 nitrogen and oxygen atoms in total. The van der Waals surface area contributed by atoms with Crippen molar-refractivity contribution < 1.29 is 69.0 Å². The topological polar surface area (TPSA) is 238 Å². The molecule has 1 aromatic heterocycles. The maximum absolute atomic E-state index is 13.0. The van der Waals surface area contributed by atoms with E-state index in [1.165, 1.54) is 13.2 Å². The molecule has 2 fully saturated rings. The highest BCUT2D eigenvalue weighted by atomic mass is 16.7. The maximum atomic E-state index is 13.0. The van der Waals surface area contributed by atoms with Crippen molar-refractivity contribution in [2.75, 3.05) is 20.3 Å². The van der Waals surface area contributed by atoms with Gasteiger partial charge in [-0.05, 0) is 30.7 Å². The van der Waals surface area contributed by atoms with E-state index >= 15 is 0 Å². The van der Waals surface area contributed by atoms with Gasteiger partial charge in [0.1, 0.15) is 70.9 Å². The molecule has 0 spiro atoms. The molecule has 3 aromatic rings. The lowest BCUT2D eigenvalue weighted by molar-refractivity contribution is -0.307. The Morgan fingerprint density at radius 2 is 1.63 bits per heavy atom. The van der Waals surface area contributed by atoms with Crippen LogP contribution in [-0.4, -0.2) is 116 Å². The third kappa shape index (κ3) is 5.86. The molecule has 0 radical (unpaired) electrons. The summed E-state index contributed by atoms with van der Waals surface area (Å²) in [6.07, 6.45) is -14.1. The third-order valence-electron chi connectivity index (χ3n) is 7.38. The van der Waals surface area contributed by atoms with Crippen molar-refractivity contribution in [2.45, 2.75) is 62.2 Å². The second-order valence-corrected chi connectivity index (χ2v) is 10.3. The van der Waals surface area contributed by atoms with Gasteiger partial charge >= 0.3 is 0 Å². The minimum absolute atomic E-state index is 0.175. The van der Waals surface area contributed by atoms with E-state index in [0.717, 1.165) is 6.07 Å². The van der Waals surface area contributed by atoms with Gasteiger partial charge in [0.05, 0.1) is 20.3 Å². The zero-order valence-electron chi connectivity index (χ0n) is 22.9. The lowest BCUT2D eigenvalue weighted by Crippen LogP contribution is -2.61. The van der Waals surface area contributed by atoms with Gasteiger partial charge in [-0.1, -0.05) is 0 Å². The van der Waals surface area contributed by atoms with Crippen LogP contribution in [0, 0.1) is 6.92 Å². The van der Waals surface area contributed by atoms with Gasteiger partial charge in [0.15, 0.2) is 12.1 Å². The molecule has 0 aliphatic carbocycles. The first-order valence-corrected chi connectivity index (χ1v) is 13.2. The molecule has 2 aromatic carbocycles. The smallest absolute Gasteiger partial charge is 0.238 e. The Kier molecular flexibility index (Phi) is 8.80. The molecule has 8 N–H and O–H groups in total. The number of aryl methyl sites for hydroxylation is 1. The molecule has 234 valence electrons. The Morgan fingerprint density at radius 3 is 2.33 bits per heavy atom. The van der Waals surface area contributed by atoms with Crippen molar-refractivity contribution in [3.8, 4) is 34.3 Å². The number of hydrogen-bond donors (Lipinski definition) is 8. The van der Waals surface area contributed by atoms with Crippen LogP contribution < -0.4 is 14.9 Å². The highest BCUT2D eigenvalue weighted by molar-refractivity contribution is 5.88. The normalized spacial score (nSPS) is 31.2. The van der Waals surface area contributed by atoms with E-state index in [2.05, 4.69) is 0 Å². The lowest BCUT2D eigenvalue weighted by atomic mass is 9.99. The molecule has 0 amide bonds. The molecule has 2 aliphatic heterocycles. The average Bonchev–Trinajstić information content (AvgIpc) is 2.98. The monoisotopic (exact) mass is 608 g/mol. The fourth-order valence-corrected chi connectivity index (χ4v) is 4.95. The van der Waals surface area contributed by atoms with Crippen LogP contribution in [0.1, 0.15) is 5.56 Å². The van der Waals surface area contributed by atoms with E-state index in [9.17, 15) is 45.6 Å². The number of rotatable bonds is 7. The van der Waals surface area contributed by atoms with Crippen LogP contribution in [0.5, 0.6) is 23.0 Å². The van der Waals surface area contributed by atoms with Crippen LogP contribution >= 0.6 is 0 Å². The number of phenolic OH excluding ortho intramolecular Hbond substituents is 1. The Bertz CT molecular complexity index is 1520. The molecule has 43 heavy (non-hydrogen) atoms. The summed E-state index contributed by atoms with van der Waals surface area (Å²) >= 11 is 0. The van der Waals surface area contributed by atoms with Gasteiger partial charge in [0.2, 0.25) is 17.5 Å². The number of hydrogen-bond acceptors (Lipinski definition) is 15. The van der Waals surface area contributed by atoms with E-state index in [1.807, 2.05) is 0 Å². The second-order valence-electron chi connectivity index (χ2n) is 10.3. The summed E-state index contributed by atoms with van der Waals surface area (Å²) < 4.78 is 32.8. The van der Waals surface area contributed by atoms with Gasteiger partial charge in [-0.2, -0.15) is 0 Å². The zero-order valence-corrected chi connectivity index (χ0v) is 22.9. The molecule has 2 saturated heterocycles. The van der Waals surface area contributed by atoms with Gasteiger partial charge in [-0.15, -0.1) is 0 Å². The molecule has 9 atom stereocenters. The van der Waals surface area contributed by atoms with E-state index in [1.54, 1.807) is 25.1 Å². The van der Waals surface area contributed by atoms with Crippen molar-refractivity contribution in [1.29, 1.82) is 0 Å². The number of methoxy groups -OCH3 is 1. The molecular weight excluding hydrogens is 576 g/mol. The first kappa shape index (κ1) is 30.9. The Balaban J connectivity index is 1.39. The van der Waals surface area contributed by atoms with Gasteiger partial charge < -0.3 is 69.0 Å². The highest BCUT2D eigenvalue weighted by Gasteiger charge is 2.46. The van der Waals surface area contributed by atoms with Crippen molar-refractivity contribution in [1.82, 2.24) is 0 Å². The van der Waals surface area contributed by atoms with Gasteiger partial charge in [0.25, 0.3) is 0 Å². The number of ether oxygens (including phenoxy) is 5. The fraction of sp³-hybridized carbons (Fsp3) is 0.464. The Labute approximate surface area is 243 Å². The fourth-order valence-electron chi connectivity index (χ4n) is 4.95. The molecule has 5 rings (SSSR count). The number of aliphatic hydroxyl groups excluding tert-OH is 6. The average molecular weight is 609 g/mol. The highest BCUT2D eigenvalue weighted by Crippen LogP contribution is 2.37. The molecule has 0 unspecified atom stereocenters.